The molecule has 0 heterocycles. The lowest BCUT2D eigenvalue weighted by Crippen LogP contribution is -2.21. The molecule has 1 aliphatic rings. The number of carbonyl (C=O) groups is 1. The van der Waals surface area contributed by atoms with Crippen molar-refractivity contribution in [1.29, 1.82) is 5.26 Å². The molecule has 0 unspecified atom stereocenters. The van der Waals surface area contributed by atoms with Crippen LogP contribution in [0.15, 0.2) is 35.6 Å². The molecule has 0 spiro atoms. The number of aliphatic hydroxyl groups excluding tert-OH is 1. The summed E-state index contributed by atoms with van der Waals surface area (Å²) in [6.07, 6.45) is -2.11. The number of hydrogen-bond acceptors (Lipinski definition) is 3. The summed E-state index contributed by atoms with van der Waals surface area (Å²) in [5.74, 6) is -1.27. The van der Waals surface area contributed by atoms with E-state index < -0.39 is 23.2 Å². The van der Waals surface area contributed by atoms with Crippen molar-refractivity contribution in [2.45, 2.75) is 25.4 Å². The van der Waals surface area contributed by atoms with Gasteiger partial charge in [0.05, 0.1) is 5.56 Å². The number of amides is 1. The lowest BCUT2D eigenvalue weighted by atomic mass is 9.82. The van der Waals surface area contributed by atoms with Gasteiger partial charge >= 0.3 is 6.18 Å². The second-order valence-electron chi connectivity index (χ2n) is 5.03. The molecule has 0 radical (unpaired) electrons. The zero-order chi connectivity index (χ0) is 16.3. The number of nitrogens with one attached hydrogen (secondary N) is 1. The lowest BCUT2D eigenvalue weighted by Gasteiger charge is -2.25. The summed E-state index contributed by atoms with van der Waals surface area (Å²) in [6.45, 7) is 0. The third kappa shape index (κ3) is 3.39. The predicted octanol–water partition coefficient (Wildman–Crippen LogP) is 3.78. The third-order valence-corrected chi connectivity index (χ3v) is 3.56. The van der Waals surface area contributed by atoms with E-state index in [4.69, 9.17) is 5.26 Å². The number of alkyl halides is 3. The number of allylic oxidation sites excluding steroid dienone is 1. The van der Waals surface area contributed by atoms with Crippen molar-refractivity contribution in [3.8, 4) is 6.07 Å². The monoisotopic (exact) mass is 310 g/mol. The third-order valence-electron chi connectivity index (χ3n) is 3.56. The molecule has 2 N–H and O–H groups in total. The number of hydrogen-bond donors (Lipinski definition) is 2. The molecule has 116 valence electrons. The molecule has 1 saturated carbocycles. The Balaban J connectivity index is 2.12. The van der Waals surface area contributed by atoms with Gasteiger partial charge in [0.1, 0.15) is 11.8 Å². The van der Waals surface area contributed by atoms with Crippen molar-refractivity contribution in [2.75, 3.05) is 5.32 Å². The number of nitrogens with zero attached hydrogens (tertiary/aromatic N) is 1. The second-order valence-corrected chi connectivity index (χ2v) is 5.03. The van der Waals surface area contributed by atoms with Crippen LogP contribution >= 0.6 is 0 Å². The number of rotatable bonds is 3. The molecule has 1 aromatic rings. The quantitative estimate of drug-likeness (QED) is 0.507. The maximum Gasteiger partial charge on any atom is 0.416 e. The molecular weight excluding hydrogens is 297 g/mol. The van der Waals surface area contributed by atoms with Gasteiger partial charge in [-0.3, -0.25) is 4.79 Å². The summed E-state index contributed by atoms with van der Waals surface area (Å²) in [5, 5.41) is 21.2. The van der Waals surface area contributed by atoms with Crippen LogP contribution in [0.25, 0.3) is 0 Å². The molecule has 4 nitrogen and oxygen atoms in total. The minimum atomic E-state index is -4.46. The average molecular weight is 310 g/mol. The molecule has 1 aromatic carbocycles. The van der Waals surface area contributed by atoms with Gasteiger partial charge in [0.25, 0.3) is 5.91 Å². The number of halogens is 3. The first-order valence-electron chi connectivity index (χ1n) is 6.64. The topological polar surface area (TPSA) is 73.1 Å². The van der Waals surface area contributed by atoms with Crippen molar-refractivity contribution in [2.24, 2.45) is 5.92 Å². The maximum absolute atomic E-state index is 12.4. The highest BCUT2D eigenvalue weighted by Crippen LogP contribution is 2.33. The van der Waals surface area contributed by atoms with E-state index in [1.54, 1.807) is 6.07 Å². The Bertz CT molecular complexity index is 638. The molecule has 1 aliphatic carbocycles. The normalized spacial score (nSPS) is 16.3. The van der Waals surface area contributed by atoms with Crippen LogP contribution < -0.4 is 5.32 Å². The first-order valence-corrected chi connectivity index (χ1v) is 6.64. The van der Waals surface area contributed by atoms with Gasteiger partial charge in [0.2, 0.25) is 0 Å². The Morgan fingerprint density at radius 1 is 1.27 bits per heavy atom. The Morgan fingerprint density at radius 2 is 1.86 bits per heavy atom. The van der Waals surface area contributed by atoms with Gasteiger partial charge in [-0.05, 0) is 37.1 Å². The van der Waals surface area contributed by atoms with Gasteiger partial charge in [0.15, 0.2) is 5.57 Å². The van der Waals surface area contributed by atoms with Crippen molar-refractivity contribution in [3.63, 3.8) is 0 Å². The van der Waals surface area contributed by atoms with E-state index >= 15 is 0 Å². The van der Waals surface area contributed by atoms with Crippen molar-refractivity contribution >= 4 is 11.6 Å². The Kier molecular flexibility index (Phi) is 4.40. The van der Waals surface area contributed by atoms with E-state index in [0.29, 0.717) is 12.8 Å². The van der Waals surface area contributed by atoms with Crippen LogP contribution in [0.4, 0.5) is 18.9 Å². The molecule has 7 heteroatoms. The van der Waals surface area contributed by atoms with Crippen LogP contribution in [-0.2, 0) is 11.0 Å². The summed E-state index contributed by atoms with van der Waals surface area (Å²) in [5.41, 5.74) is -1.12. The van der Waals surface area contributed by atoms with E-state index in [1.807, 2.05) is 0 Å². The van der Waals surface area contributed by atoms with Crippen LogP contribution in [0.1, 0.15) is 24.8 Å². The number of aliphatic hydroxyl groups is 1. The molecular formula is C15H13F3N2O2. The van der Waals surface area contributed by atoms with Crippen molar-refractivity contribution in [1.82, 2.24) is 0 Å². The largest absolute Gasteiger partial charge is 0.510 e. The highest BCUT2D eigenvalue weighted by Gasteiger charge is 2.30. The number of nitriles is 1. The molecule has 1 amide bonds. The summed E-state index contributed by atoms with van der Waals surface area (Å²) in [4.78, 5) is 11.9. The lowest BCUT2D eigenvalue weighted by molar-refractivity contribution is -0.137. The van der Waals surface area contributed by atoms with Crippen LogP contribution in [-0.4, -0.2) is 11.0 Å². The van der Waals surface area contributed by atoms with Crippen molar-refractivity contribution in [3.05, 3.63) is 41.2 Å². The fourth-order valence-corrected chi connectivity index (χ4v) is 2.05. The van der Waals surface area contributed by atoms with E-state index in [2.05, 4.69) is 5.32 Å². The second kappa shape index (κ2) is 6.10. The zero-order valence-corrected chi connectivity index (χ0v) is 11.4. The molecule has 0 aromatic heterocycles. The molecule has 2 rings (SSSR count). The first-order chi connectivity index (χ1) is 10.3. The van der Waals surface area contributed by atoms with E-state index in [-0.39, 0.29) is 17.4 Å². The van der Waals surface area contributed by atoms with E-state index in [0.717, 1.165) is 30.7 Å². The minimum absolute atomic E-state index is 0.118. The van der Waals surface area contributed by atoms with Gasteiger partial charge < -0.3 is 10.4 Å². The Hall–Kier alpha value is -2.49. The predicted molar refractivity (Wildman–Crippen MR) is 72.7 cm³/mol. The summed E-state index contributed by atoms with van der Waals surface area (Å²) >= 11 is 0. The van der Waals surface area contributed by atoms with Gasteiger partial charge in [0, 0.05) is 11.6 Å². The first kappa shape index (κ1) is 15.9. The van der Waals surface area contributed by atoms with Gasteiger partial charge in [-0.15, -0.1) is 0 Å². The molecule has 0 bridgehead atoms. The standard InChI is InChI=1S/C15H13F3N2O2/c16-15(17,18)10-4-6-11(7-5-10)20-14(22)12(8-19)13(21)9-2-1-3-9/h4-7,9,21H,1-3H2,(H,20,22)/b13-12-. The van der Waals surface area contributed by atoms with Gasteiger partial charge in [-0.1, -0.05) is 6.42 Å². The van der Waals surface area contributed by atoms with Crippen LogP contribution in [0, 0.1) is 17.2 Å². The SMILES string of the molecule is N#C/C(C(=O)Nc1ccc(C(F)(F)F)cc1)=C(/O)C1CCC1. The maximum atomic E-state index is 12.4. The average Bonchev–Trinajstić information content (AvgIpc) is 2.37. The summed E-state index contributed by atoms with van der Waals surface area (Å²) < 4.78 is 37.3. The minimum Gasteiger partial charge on any atom is -0.510 e. The highest BCUT2D eigenvalue weighted by molar-refractivity contribution is 6.06. The van der Waals surface area contributed by atoms with Crippen LogP contribution in [0.5, 0.6) is 0 Å². The molecule has 0 atom stereocenters. The van der Waals surface area contributed by atoms with Gasteiger partial charge in [-0.2, -0.15) is 18.4 Å². The highest BCUT2D eigenvalue weighted by atomic mass is 19.4. The smallest absolute Gasteiger partial charge is 0.416 e. The molecule has 1 fully saturated rings. The zero-order valence-electron chi connectivity index (χ0n) is 11.4. The van der Waals surface area contributed by atoms with Gasteiger partial charge in [-0.25, -0.2) is 0 Å². The number of benzene rings is 1. The Labute approximate surface area is 124 Å². The van der Waals surface area contributed by atoms with E-state index in [1.165, 1.54) is 0 Å². The summed E-state index contributed by atoms with van der Waals surface area (Å²) in [6, 6.07) is 5.49. The number of carbonyl (C=O) groups excluding carboxylic acids is 1. The fourth-order valence-electron chi connectivity index (χ4n) is 2.05. The van der Waals surface area contributed by atoms with Crippen LogP contribution in [0.3, 0.4) is 0 Å². The molecule has 22 heavy (non-hydrogen) atoms. The van der Waals surface area contributed by atoms with Crippen molar-refractivity contribution < 1.29 is 23.1 Å². The molecule has 0 aliphatic heterocycles. The van der Waals surface area contributed by atoms with Crippen LogP contribution in [0.2, 0.25) is 0 Å². The summed E-state index contributed by atoms with van der Waals surface area (Å²) in [7, 11) is 0. The number of anilines is 1. The van der Waals surface area contributed by atoms with E-state index in [9.17, 15) is 23.1 Å². The molecule has 0 saturated heterocycles. The fraction of sp³-hybridized carbons (Fsp3) is 0.333. The Morgan fingerprint density at radius 3 is 2.27 bits per heavy atom.